The fourth-order valence-electron chi connectivity index (χ4n) is 1.72. The maximum atomic E-state index is 11.8. The second-order valence-electron chi connectivity index (χ2n) is 3.93. The Morgan fingerprint density at radius 1 is 1.44 bits per heavy atom. The van der Waals surface area contributed by atoms with Gasteiger partial charge in [0.25, 0.3) is 5.91 Å². The molecule has 1 aliphatic rings. The number of carbonyl (C=O) groups is 1. The Labute approximate surface area is 94.6 Å². The van der Waals surface area contributed by atoms with Crippen LogP contribution in [0.1, 0.15) is 29.8 Å². The van der Waals surface area contributed by atoms with Gasteiger partial charge < -0.3 is 11.1 Å². The van der Waals surface area contributed by atoms with E-state index in [9.17, 15) is 4.79 Å². The second-order valence-corrected chi connectivity index (χ2v) is 3.93. The standard InChI is InChI=1S/C12H15N3O/c13-9-6-7-11(14-8-9)12(16)15-10-4-2-1-3-5-10/h1-2,6-8,10H,3-5,13H2,(H,15,16). The number of anilines is 1. The van der Waals surface area contributed by atoms with Crippen LogP contribution in [0, 0.1) is 0 Å². The second kappa shape index (κ2) is 4.79. The molecule has 0 fully saturated rings. The van der Waals surface area contributed by atoms with Crippen LogP contribution in [0.3, 0.4) is 0 Å². The highest BCUT2D eigenvalue weighted by Gasteiger charge is 2.14. The average Bonchev–Trinajstić information content (AvgIpc) is 2.31. The van der Waals surface area contributed by atoms with Crippen molar-refractivity contribution in [3.8, 4) is 0 Å². The van der Waals surface area contributed by atoms with Gasteiger partial charge in [0.05, 0.1) is 11.9 Å². The summed E-state index contributed by atoms with van der Waals surface area (Å²) in [5, 5.41) is 2.96. The van der Waals surface area contributed by atoms with Crippen molar-refractivity contribution in [2.75, 3.05) is 5.73 Å². The Bertz CT molecular complexity index is 397. The van der Waals surface area contributed by atoms with Crippen LogP contribution in [0.5, 0.6) is 0 Å². The summed E-state index contributed by atoms with van der Waals surface area (Å²) in [6.07, 6.45) is 8.67. The minimum Gasteiger partial charge on any atom is -0.397 e. The number of nitrogens with one attached hydrogen (secondary N) is 1. The molecule has 4 nitrogen and oxygen atoms in total. The third kappa shape index (κ3) is 2.59. The molecule has 84 valence electrons. The van der Waals surface area contributed by atoms with Crippen molar-refractivity contribution in [2.45, 2.75) is 25.3 Å². The molecule has 1 amide bonds. The van der Waals surface area contributed by atoms with Gasteiger partial charge in [0.2, 0.25) is 0 Å². The van der Waals surface area contributed by atoms with Crippen molar-refractivity contribution >= 4 is 11.6 Å². The maximum absolute atomic E-state index is 11.8. The highest BCUT2D eigenvalue weighted by atomic mass is 16.1. The monoisotopic (exact) mass is 217 g/mol. The third-order valence-corrected chi connectivity index (χ3v) is 2.62. The Balaban J connectivity index is 1.97. The molecule has 0 saturated heterocycles. The van der Waals surface area contributed by atoms with Crippen LogP contribution in [0.15, 0.2) is 30.5 Å². The van der Waals surface area contributed by atoms with E-state index in [1.807, 2.05) is 0 Å². The lowest BCUT2D eigenvalue weighted by atomic mass is 10.0. The van der Waals surface area contributed by atoms with Crippen molar-refractivity contribution in [3.63, 3.8) is 0 Å². The van der Waals surface area contributed by atoms with E-state index in [2.05, 4.69) is 22.5 Å². The summed E-state index contributed by atoms with van der Waals surface area (Å²) in [5.74, 6) is -0.125. The molecule has 1 unspecified atom stereocenters. The van der Waals surface area contributed by atoms with Gasteiger partial charge >= 0.3 is 0 Å². The molecule has 1 heterocycles. The first-order valence-electron chi connectivity index (χ1n) is 5.43. The van der Waals surface area contributed by atoms with E-state index in [1.54, 1.807) is 12.1 Å². The molecule has 1 aliphatic carbocycles. The molecule has 0 aromatic carbocycles. The van der Waals surface area contributed by atoms with E-state index in [0.29, 0.717) is 11.4 Å². The zero-order valence-electron chi connectivity index (χ0n) is 9.02. The number of amides is 1. The minimum atomic E-state index is -0.125. The summed E-state index contributed by atoms with van der Waals surface area (Å²) in [5.41, 5.74) is 6.49. The molecular weight excluding hydrogens is 202 g/mol. The first-order chi connectivity index (χ1) is 7.75. The van der Waals surface area contributed by atoms with Gasteiger partial charge in [0, 0.05) is 6.04 Å². The normalized spacial score (nSPS) is 19.4. The molecule has 0 bridgehead atoms. The molecular formula is C12H15N3O. The molecule has 3 N–H and O–H groups in total. The predicted octanol–water partition coefficient (Wildman–Crippen LogP) is 1.50. The first kappa shape index (κ1) is 10.7. The average molecular weight is 217 g/mol. The Morgan fingerprint density at radius 3 is 2.94 bits per heavy atom. The van der Waals surface area contributed by atoms with Crippen molar-refractivity contribution in [3.05, 3.63) is 36.2 Å². The lowest BCUT2D eigenvalue weighted by Crippen LogP contribution is -2.35. The van der Waals surface area contributed by atoms with E-state index in [1.165, 1.54) is 6.20 Å². The number of nitrogen functional groups attached to an aromatic ring is 1. The molecule has 4 heteroatoms. The van der Waals surface area contributed by atoms with Crippen molar-refractivity contribution in [1.29, 1.82) is 0 Å². The third-order valence-electron chi connectivity index (χ3n) is 2.62. The summed E-state index contributed by atoms with van der Waals surface area (Å²) in [4.78, 5) is 15.8. The number of aromatic nitrogens is 1. The summed E-state index contributed by atoms with van der Waals surface area (Å²) in [6.45, 7) is 0. The molecule has 0 radical (unpaired) electrons. The summed E-state index contributed by atoms with van der Waals surface area (Å²) in [6, 6.07) is 3.56. The van der Waals surface area contributed by atoms with Crippen LogP contribution in [0.2, 0.25) is 0 Å². The van der Waals surface area contributed by atoms with Gasteiger partial charge in [-0.05, 0) is 31.4 Å². The van der Waals surface area contributed by atoms with Gasteiger partial charge in [-0.2, -0.15) is 0 Å². The largest absolute Gasteiger partial charge is 0.397 e. The number of nitrogens with two attached hydrogens (primary N) is 1. The zero-order valence-corrected chi connectivity index (χ0v) is 9.02. The van der Waals surface area contributed by atoms with Gasteiger partial charge in [-0.1, -0.05) is 12.2 Å². The van der Waals surface area contributed by atoms with E-state index in [4.69, 9.17) is 5.73 Å². The van der Waals surface area contributed by atoms with Gasteiger partial charge in [-0.3, -0.25) is 4.79 Å². The number of nitrogens with zero attached hydrogens (tertiary/aromatic N) is 1. The van der Waals surface area contributed by atoms with E-state index in [-0.39, 0.29) is 11.9 Å². The van der Waals surface area contributed by atoms with Gasteiger partial charge in [-0.25, -0.2) is 4.98 Å². The highest BCUT2D eigenvalue weighted by Crippen LogP contribution is 2.11. The SMILES string of the molecule is Nc1ccc(C(=O)NC2CC=CCC2)nc1. The molecule has 16 heavy (non-hydrogen) atoms. The lowest BCUT2D eigenvalue weighted by Gasteiger charge is -2.18. The summed E-state index contributed by atoms with van der Waals surface area (Å²) in [7, 11) is 0. The van der Waals surface area contributed by atoms with Crippen LogP contribution in [-0.2, 0) is 0 Å². The number of hydrogen-bond donors (Lipinski definition) is 2. The maximum Gasteiger partial charge on any atom is 0.270 e. The number of hydrogen-bond acceptors (Lipinski definition) is 3. The van der Waals surface area contributed by atoms with Gasteiger partial charge in [0.15, 0.2) is 0 Å². The zero-order chi connectivity index (χ0) is 11.4. The topological polar surface area (TPSA) is 68.0 Å². The van der Waals surface area contributed by atoms with Crippen LogP contribution < -0.4 is 11.1 Å². The van der Waals surface area contributed by atoms with Crippen molar-refractivity contribution < 1.29 is 4.79 Å². The lowest BCUT2D eigenvalue weighted by molar-refractivity contribution is 0.0930. The van der Waals surface area contributed by atoms with E-state index < -0.39 is 0 Å². The number of rotatable bonds is 2. The number of carbonyl (C=O) groups excluding carboxylic acids is 1. The summed E-state index contributed by atoms with van der Waals surface area (Å²) >= 11 is 0. The number of pyridine rings is 1. The summed E-state index contributed by atoms with van der Waals surface area (Å²) < 4.78 is 0. The molecule has 0 saturated carbocycles. The van der Waals surface area contributed by atoms with Crippen molar-refractivity contribution in [1.82, 2.24) is 10.3 Å². The van der Waals surface area contributed by atoms with Crippen LogP contribution in [0.4, 0.5) is 5.69 Å². The molecule has 0 aliphatic heterocycles. The van der Waals surface area contributed by atoms with Crippen LogP contribution in [-0.4, -0.2) is 16.9 Å². The van der Waals surface area contributed by atoms with E-state index in [0.717, 1.165) is 19.3 Å². The fraction of sp³-hybridized carbons (Fsp3) is 0.333. The number of allylic oxidation sites excluding steroid dienone is 1. The molecule has 1 aromatic heterocycles. The molecule has 0 spiro atoms. The van der Waals surface area contributed by atoms with Crippen molar-refractivity contribution in [2.24, 2.45) is 0 Å². The van der Waals surface area contributed by atoms with Gasteiger partial charge in [-0.15, -0.1) is 0 Å². The predicted molar refractivity (Wildman–Crippen MR) is 62.9 cm³/mol. The Morgan fingerprint density at radius 2 is 2.31 bits per heavy atom. The van der Waals surface area contributed by atoms with Crippen LogP contribution in [0.25, 0.3) is 0 Å². The Hall–Kier alpha value is -1.84. The smallest absolute Gasteiger partial charge is 0.270 e. The van der Waals surface area contributed by atoms with Gasteiger partial charge in [0.1, 0.15) is 5.69 Å². The van der Waals surface area contributed by atoms with E-state index >= 15 is 0 Å². The fourth-order valence-corrected chi connectivity index (χ4v) is 1.72. The molecule has 1 aromatic rings. The molecule has 2 rings (SSSR count). The van der Waals surface area contributed by atoms with Crippen LogP contribution >= 0.6 is 0 Å². The molecule has 1 atom stereocenters. The quantitative estimate of drug-likeness (QED) is 0.738. The first-order valence-corrected chi connectivity index (χ1v) is 5.43. The highest BCUT2D eigenvalue weighted by molar-refractivity contribution is 5.92. The minimum absolute atomic E-state index is 0.125. The Kier molecular flexibility index (Phi) is 3.19.